The smallest absolute Gasteiger partial charge is 0.216 e. The van der Waals surface area contributed by atoms with Crippen molar-refractivity contribution in [3.05, 3.63) is 34.9 Å². The van der Waals surface area contributed by atoms with Gasteiger partial charge in [-0.1, -0.05) is 23.8 Å². The van der Waals surface area contributed by atoms with E-state index in [0.717, 1.165) is 17.5 Å². The maximum atomic E-state index is 11.2. The Morgan fingerprint density at radius 3 is 2.73 bits per heavy atom. The molecule has 0 aromatic heterocycles. The summed E-state index contributed by atoms with van der Waals surface area (Å²) >= 11 is 0. The third-order valence-electron chi connectivity index (χ3n) is 2.70. The van der Waals surface area contributed by atoms with Gasteiger partial charge >= 0.3 is 0 Å². The van der Waals surface area contributed by atoms with Gasteiger partial charge in [-0.05, 0) is 24.5 Å². The van der Waals surface area contributed by atoms with E-state index < -0.39 is 10.2 Å². The molecule has 0 saturated carbocycles. The van der Waals surface area contributed by atoms with Crippen LogP contribution in [0.4, 0.5) is 0 Å². The van der Waals surface area contributed by atoms with Crippen LogP contribution in [0, 0.1) is 6.92 Å². The number of hydrogen-bond acceptors (Lipinski definition) is 2. The largest absolute Gasteiger partial charge is 0.277 e. The zero-order valence-electron chi connectivity index (χ0n) is 8.60. The molecule has 0 aliphatic carbocycles. The average Bonchev–Trinajstić information content (AvgIpc) is 2.15. The molecule has 0 atom stereocenters. The lowest BCUT2D eigenvalue weighted by Gasteiger charge is -2.26. The second kappa shape index (κ2) is 3.59. The van der Waals surface area contributed by atoms with Crippen LogP contribution in [0.2, 0.25) is 0 Å². The lowest BCUT2D eigenvalue weighted by molar-refractivity contribution is 0.392. The van der Waals surface area contributed by atoms with E-state index in [-0.39, 0.29) is 0 Å². The molecular weight excluding hydrogens is 212 g/mol. The van der Waals surface area contributed by atoms with Crippen molar-refractivity contribution in [3.63, 3.8) is 0 Å². The zero-order chi connectivity index (χ0) is 11.1. The van der Waals surface area contributed by atoms with Gasteiger partial charge in [0, 0.05) is 13.1 Å². The predicted octanol–water partition coefficient (Wildman–Crippen LogP) is 0.557. The van der Waals surface area contributed by atoms with Gasteiger partial charge in [-0.2, -0.15) is 12.7 Å². The standard InChI is InChI=1S/C10H14N2O2S/c1-8-2-3-9-4-5-12(15(11,13)14)7-10(9)6-8/h2-3,6H,4-5,7H2,1H3,(H2,11,13,14). The molecule has 0 radical (unpaired) electrons. The molecule has 0 unspecified atom stereocenters. The summed E-state index contributed by atoms with van der Waals surface area (Å²) < 4.78 is 23.7. The number of hydrogen-bond donors (Lipinski definition) is 1. The van der Waals surface area contributed by atoms with E-state index in [9.17, 15) is 8.42 Å². The summed E-state index contributed by atoms with van der Waals surface area (Å²) in [7, 11) is -3.55. The van der Waals surface area contributed by atoms with Crippen molar-refractivity contribution in [3.8, 4) is 0 Å². The van der Waals surface area contributed by atoms with Crippen LogP contribution < -0.4 is 5.14 Å². The van der Waals surface area contributed by atoms with Crippen molar-refractivity contribution in [1.82, 2.24) is 4.31 Å². The lowest BCUT2D eigenvalue weighted by atomic mass is 9.99. The lowest BCUT2D eigenvalue weighted by Crippen LogP contribution is -2.40. The first-order valence-electron chi connectivity index (χ1n) is 4.83. The van der Waals surface area contributed by atoms with Crippen LogP contribution >= 0.6 is 0 Å². The first kappa shape index (κ1) is 10.6. The normalized spacial score (nSPS) is 17.5. The van der Waals surface area contributed by atoms with E-state index in [1.165, 1.54) is 9.87 Å². The van der Waals surface area contributed by atoms with E-state index in [4.69, 9.17) is 5.14 Å². The van der Waals surface area contributed by atoms with Gasteiger partial charge in [-0.25, -0.2) is 5.14 Å². The Kier molecular flexibility index (Phi) is 2.54. The van der Waals surface area contributed by atoms with Crippen LogP contribution in [0.1, 0.15) is 16.7 Å². The Hall–Kier alpha value is -0.910. The molecule has 1 aromatic rings. The molecule has 0 fully saturated rings. The van der Waals surface area contributed by atoms with Crippen molar-refractivity contribution >= 4 is 10.2 Å². The minimum Gasteiger partial charge on any atom is -0.216 e. The van der Waals surface area contributed by atoms with E-state index in [1.54, 1.807) is 0 Å². The summed E-state index contributed by atoms with van der Waals surface area (Å²) in [5, 5.41) is 5.10. The Morgan fingerprint density at radius 2 is 2.07 bits per heavy atom. The third-order valence-corrected chi connectivity index (χ3v) is 3.73. The van der Waals surface area contributed by atoms with Crippen LogP contribution in [0.15, 0.2) is 18.2 Å². The minimum absolute atomic E-state index is 0.399. The molecule has 0 spiro atoms. The van der Waals surface area contributed by atoms with Crippen molar-refractivity contribution in [2.75, 3.05) is 6.54 Å². The Morgan fingerprint density at radius 1 is 1.33 bits per heavy atom. The molecule has 1 aliphatic rings. The van der Waals surface area contributed by atoms with E-state index in [0.29, 0.717) is 13.1 Å². The van der Waals surface area contributed by atoms with Crippen LogP contribution in [-0.4, -0.2) is 19.3 Å². The van der Waals surface area contributed by atoms with Gasteiger partial charge in [0.05, 0.1) is 0 Å². The van der Waals surface area contributed by atoms with Crippen molar-refractivity contribution in [2.24, 2.45) is 5.14 Å². The molecule has 82 valence electrons. The van der Waals surface area contributed by atoms with Crippen LogP contribution in [0.3, 0.4) is 0 Å². The van der Waals surface area contributed by atoms with Crippen LogP contribution in [0.25, 0.3) is 0 Å². The first-order valence-corrected chi connectivity index (χ1v) is 6.33. The summed E-state index contributed by atoms with van der Waals surface area (Å²) in [6.07, 6.45) is 0.742. The zero-order valence-corrected chi connectivity index (χ0v) is 9.42. The molecule has 2 N–H and O–H groups in total. The molecule has 1 aromatic carbocycles. The summed E-state index contributed by atoms with van der Waals surface area (Å²) in [6.45, 7) is 2.88. The molecule has 1 heterocycles. The molecule has 4 nitrogen and oxygen atoms in total. The van der Waals surface area contributed by atoms with Gasteiger partial charge in [0.15, 0.2) is 0 Å². The molecule has 1 aliphatic heterocycles. The van der Waals surface area contributed by atoms with E-state index in [1.807, 2.05) is 19.1 Å². The molecular formula is C10H14N2O2S. The quantitative estimate of drug-likeness (QED) is 0.760. The highest BCUT2D eigenvalue weighted by Gasteiger charge is 2.23. The van der Waals surface area contributed by atoms with Gasteiger partial charge in [0.2, 0.25) is 0 Å². The third kappa shape index (κ3) is 2.19. The fraction of sp³-hybridized carbons (Fsp3) is 0.400. The summed E-state index contributed by atoms with van der Waals surface area (Å²) in [6, 6.07) is 6.13. The number of nitrogens with two attached hydrogens (primary N) is 1. The van der Waals surface area contributed by atoms with E-state index in [2.05, 4.69) is 6.07 Å². The van der Waals surface area contributed by atoms with Crippen molar-refractivity contribution in [1.29, 1.82) is 0 Å². The van der Waals surface area contributed by atoms with Gasteiger partial charge < -0.3 is 0 Å². The van der Waals surface area contributed by atoms with Crippen LogP contribution in [-0.2, 0) is 23.2 Å². The van der Waals surface area contributed by atoms with Crippen molar-refractivity contribution < 1.29 is 8.42 Å². The van der Waals surface area contributed by atoms with Crippen molar-refractivity contribution in [2.45, 2.75) is 19.9 Å². The Bertz CT molecular complexity index is 482. The maximum absolute atomic E-state index is 11.2. The van der Waals surface area contributed by atoms with Crippen LogP contribution in [0.5, 0.6) is 0 Å². The fourth-order valence-electron chi connectivity index (χ4n) is 1.88. The average molecular weight is 226 g/mol. The number of rotatable bonds is 1. The van der Waals surface area contributed by atoms with Gasteiger partial charge in [-0.15, -0.1) is 0 Å². The first-order chi connectivity index (χ1) is 6.97. The Labute approximate surface area is 89.9 Å². The van der Waals surface area contributed by atoms with Gasteiger partial charge in [0.1, 0.15) is 0 Å². The number of aryl methyl sites for hydroxylation is 1. The monoisotopic (exact) mass is 226 g/mol. The molecule has 0 amide bonds. The SMILES string of the molecule is Cc1ccc2c(c1)CN(S(N)(=O)=O)CC2. The summed E-state index contributed by atoms with van der Waals surface area (Å²) in [5.74, 6) is 0. The molecule has 5 heteroatoms. The second-order valence-corrected chi connectivity index (χ2v) is 5.45. The predicted molar refractivity (Wildman–Crippen MR) is 58.4 cm³/mol. The maximum Gasteiger partial charge on any atom is 0.277 e. The summed E-state index contributed by atoms with van der Waals surface area (Å²) in [5.41, 5.74) is 3.43. The van der Waals surface area contributed by atoms with E-state index >= 15 is 0 Å². The highest BCUT2D eigenvalue weighted by molar-refractivity contribution is 7.86. The molecule has 0 saturated heterocycles. The topological polar surface area (TPSA) is 63.4 Å². The minimum atomic E-state index is -3.55. The number of benzene rings is 1. The number of fused-ring (bicyclic) bond motifs is 1. The molecule has 2 rings (SSSR count). The highest BCUT2D eigenvalue weighted by Crippen LogP contribution is 2.20. The fourth-order valence-corrected chi connectivity index (χ4v) is 2.54. The van der Waals surface area contributed by atoms with Gasteiger partial charge in [0.25, 0.3) is 10.2 Å². The number of nitrogens with zero attached hydrogens (tertiary/aromatic N) is 1. The van der Waals surface area contributed by atoms with Gasteiger partial charge in [-0.3, -0.25) is 0 Å². The Balaban J connectivity index is 2.34. The highest BCUT2D eigenvalue weighted by atomic mass is 32.2. The molecule has 0 bridgehead atoms. The molecule has 15 heavy (non-hydrogen) atoms. The second-order valence-electron chi connectivity index (χ2n) is 3.90. The summed E-state index contributed by atoms with van der Waals surface area (Å²) in [4.78, 5) is 0.